The van der Waals surface area contributed by atoms with Gasteiger partial charge in [-0.2, -0.15) is 5.10 Å². The van der Waals surface area contributed by atoms with Crippen LogP contribution in [0.2, 0.25) is 0 Å². The fourth-order valence-electron chi connectivity index (χ4n) is 4.37. The third-order valence-electron chi connectivity index (χ3n) is 6.12. The molecule has 5 rings (SSSR count). The van der Waals surface area contributed by atoms with E-state index in [-0.39, 0.29) is 42.8 Å². The van der Waals surface area contributed by atoms with Crippen LogP contribution < -0.4 is 16.0 Å². The van der Waals surface area contributed by atoms with Crippen molar-refractivity contribution < 1.29 is 14.7 Å². The summed E-state index contributed by atoms with van der Waals surface area (Å²) >= 11 is 1.55. The number of aromatic nitrogens is 4. The predicted molar refractivity (Wildman–Crippen MR) is 138 cm³/mol. The second-order valence-electron chi connectivity index (χ2n) is 8.36. The Hall–Kier alpha value is -2.67. The van der Waals surface area contributed by atoms with Gasteiger partial charge in [0.1, 0.15) is 16.3 Å². The lowest BCUT2D eigenvalue weighted by Gasteiger charge is -2.31. The van der Waals surface area contributed by atoms with E-state index in [1.165, 1.54) is 0 Å². The summed E-state index contributed by atoms with van der Waals surface area (Å²) in [7, 11) is 0. The molecule has 0 aliphatic carbocycles. The van der Waals surface area contributed by atoms with Crippen molar-refractivity contribution in [1.82, 2.24) is 35.1 Å². The molecule has 2 amide bonds. The number of nitrogens with one attached hydrogen (secondary N) is 3. The highest BCUT2D eigenvalue weighted by atomic mass is 35.5. The maximum atomic E-state index is 13.4. The van der Waals surface area contributed by atoms with Gasteiger partial charge in [-0.15, -0.1) is 36.2 Å². The number of halogens is 2. The molecule has 3 aromatic heterocycles. The standard InChI is InChI=1S/C21H26N8O3S.2ClH/c30-19(28-7-3-14(4-8-28)25-21(31)32)16-11-17(24-13-1-5-22-6-2-13)27-18(26-16)15-12-23-29-9-10-33-20(15)29;;/h9-14,22,25H,1-8H2,(H,31,32)(H,24,26,27);2*1H. The molecule has 5 heterocycles. The second-order valence-corrected chi connectivity index (χ2v) is 9.25. The van der Waals surface area contributed by atoms with Crippen molar-refractivity contribution in [3.63, 3.8) is 0 Å². The minimum Gasteiger partial charge on any atom is -0.465 e. The first kappa shape index (κ1) is 26.9. The zero-order valence-corrected chi connectivity index (χ0v) is 21.3. The Balaban J connectivity index is 0.00000171. The number of likely N-dealkylation sites (tertiary alicyclic amines) is 1. The van der Waals surface area contributed by atoms with Crippen molar-refractivity contribution in [2.24, 2.45) is 0 Å². The number of hydrogen-bond donors (Lipinski definition) is 4. The van der Waals surface area contributed by atoms with Gasteiger partial charge >= 0.3 is 6.09 Å². The van der Waals surface area contributed by atoms with Crippen LogP contribution in [0, 0.1) is 0 Å². The van der Waals surface area contributed by atoms with Crippen LogP contribution in [-0.2, 0) is 0 Å². The van der Waals surface area contributed by atoms with Gasteiger partial charge in [-0.1, -0.05) is 0 Å². The molecule has 35 heavy (non-hydrogen) atoms. The molecule has 14 heteroatoms. The molecule has 3 aromatic rings. The van der Waals surface area contributed by atoms with Crippen molar-refractivity contribution in [3.05, 3.63) is 29.5 Å². The quantitative estimate of drug-likeness (QED) is 0.386. The first-order chi connectivity index (χ1) is 16.1. The van der Waals surface area contributed by atoms with Crippen molar-refractivity contribution in [3.8, 4) is 11.4 Å². The zero-order valence-electron chi connectivity index (χ0n) is 18.8. The van der Waals surface area contributed by atoms with Gasteiger partial charge < -0.3 is 26.0 Å². The Morgan fingerprint density at radius 2 is 1.83 bits per heavy atom. The summed E-state index contributed by atoms with van der Waals surface area (Å²) in [6, 6.07) is 1.87. The highest BCUT2D eigenvalue weighted by Gasteiger charge is 2.27. The number of hydrogen-bond acceptors (Lipinski definition) is 8. The van der Waals surface area contributed by atoms with Crippen LogP contribution in [0.15, 0.2) is 23.8 Å². The monoisotopic (exact) mass is 542 g/mol. The molecule has 4 N–H and O–H groups in total. The smallest absolute Gasteiger partial charge is 0.404 e. The van der Waals surface area contributed by atoms with E-state index in [2.05, 4.69) is 26.0 Å². The van der Waals surface area contributed by atoms with Gasteiger partial charge in [-0.05, 0) is 38.8 Å². The van der Waals surface area contributed by atoms with E-state index in [9.17, 15) is 9.59 Å². The van der Waals surface area contributed by atoms with Crippen LogP contribution in [0.3, 0.4) is 0 Å². The van der Waals surface area contributed by atoms with Crippen LogP contribution in [0.4, 0.5) is 10.6 Å². The van der Waals surface area contributed by atoms with E-state index < -0.39 is 6.09 Å². The summed E-state index contributed by atoms with van der Waals surface area (Å²) in [5, 5.41) is 24.6. The van der Waals surface area contributed by atoms with E-state index in [1.54, 1.807) is 33.0 Å². The number of nitrogens with zero attached hydrogens (tertiary/aromatic N) is 5. The second kappa shape index (κ2) is 11.8. The Labute approximate surface area is 218 Å². The summed E-state index contributed by atoms with van der Waals surface area (Å²) in [4.78, 5) is 36.3. The number of carbonyl (C=O) groups is 2. The fourth-order valence-corrected chi connectivity index (χ4v) is 5.16. The Morgan fingerprint density at radius 3 is 2.54 bits per heavy atom. The third kappa shape index (κ3) is 6.13. The Bertz CT molecular complexity index is 1160. The molecular weight excluding hydrogens is 515 g/mol. The number of piperidine rings is 2. The van der Waals surface area contributed by atoms with Gasteiger partial charge in [0.15, 0.2) is 5.82 Å². The Morgan fingerprint density at radius 1 is 1.09 bits per heavy atom. The largest absolute Gasteiger partial charge is 0.465 e. The molecule has 0 bridgehead atoms. The SMILES string of the molecule is Cl.Cl.O=C(O)NC1CCN(C(=O)c2cc(NC3CCNCC3)nc(-c3cnn4ccsc34)n2)CC1. The molecule has 0 radical (unpaired) electrons. The Kier molecular flexibility index (Phi) is 9.11. The number of amides is 2. The average molecular weight is 543 g/mol. The first-order valence-electron chi connectivity index (χ1n) is 11.1. The maximum Gasteiger partial charge on any atom is 0.404 e. The van der Waals surface area contributed by atoms with Crippen LogP contribution >= 0.6 is 36.2 Å². The molecule has 2 aliphatic rings. The van der Waals surface area contributed by atoms with Crippen LogP contribution in [0.1, 0.15) is 36.2 Å². The van der Waals surface area contributed by atoms with E-state index in [4.69, 9.17) is 10.1 Å². The fraction of sp³-hybridized carbons (Fsp3) is 0.476. The lowest BCUT2D eigenvalue weighted by Crippen LogP contribution is -2.46. The van der Waals surface area contributed by atoms with Gasteiger partial charge in [-0.25, -0.2) is 19.3 Å². The summed E-state index contributed by atoms with van der Waals surface area (Å²) in [6.45, 7) is 2.84. The van der Waals surface area contributed by atoms with E-state index in [0.29, 0.717) is 43.3 Å². The van der Waals surface area contributed by atoms with Crippen molar-refractivity contribution in [2.75, 3.05) is 31.5 Å². The molecule has 2 saturated heterocycles. The number of anilines is 1. The number of fused-ring (bicyclic) bond motifs is 1. The van der Waals surface area contributed by atoms with Crippen molar-refractivity contribution in [1.29, 1.82) is 0 Å². The lowest BCUT2D eigenvalue weighted by molar-refractivity contribution is 0.0700. The van der Waals surface area contributed by atoms with Gasteiger partial charge in [-0.3, -0.25) is 4.79 Å². The molecule has 0 unspecified atom stereocenters. The molecule has 0 atom stereocenters. The van der Waals surface area contributed by atoms with Gasteiger partial charge in [0, 0.05) is 42.8 Å². The minimum atomic E-state index is -1.03. The topological polar surface area (TPSA) is 137 Å². The molecule has 2 aliphatic heterocycles. The highest BCUT2D eigenvalue weighted by molar-refractivity contribution is 7.16. The minimum absolute atomic E-state index is 0. The number of rotatable bonds is 5. The van der Waals surface area contributed by atoms with Crippen LogP contribution in [0.25, 0.3) is 16.2 Å². The lowest BCUT2D eigenvalue weighted by atomic mass is 10.0. The highest BCUT2D eigenvalue weighted by Crippen LogP contribution is 2.27. The van der Waals surface area contributed by atoms with Gasteiger partial charge in [0.2, 0.25) is 0 Å². The van der Waals surface area contributed by atoms with E-state index in [1.807, 2.05) is 11.6 Å². The van der Waals surface area contributed by atoms with Crippen molar-refractivity contribution in [2.45, 2.75) is 37.8 Å². The van der Waals surface area contributed by atoms with Gasteiger partial charge in [0.25, 0.3) is 5.91 Å². The number of carbonyl (C=O) groups excluding carboxylic acids is 1. The molecule has 11 nitrogen and oxygen atoms in total. The van der Waals surface area contributed by atoms with Crippen LogP contribution in [-0.4, -0.2) is 79.9 Å². The van der Waals surface area contributed by atoms with Gasteiger partial charge in [0.05, 0.1) is 11.8 Å². The number of thiazole rings is 1. The van der Waals surface area contributed by atoms with E-state index >= 15 is 0 Å². The maximum absolute atomic E-state index is 13.4. The molecule has 190 valence electrons. The first-order valence-corrected chi connectivity index (χ1v) is 12.0. The predicted octanol–water partition coefficient (Wildman–Crippen LogP) is 2.73. The third-order valence-corrected chi connectivity index (χ3v) is 7.01. The average Bonchev–Trinajstić information content (AvgIpc) is 3.43. The molecule has 0 saturated carbocycles. The summed E-state index contributed by atoms with van der Waals surface area (Å²) in [5.74, 6) is 0.932. The normalized spacial score (nSPS) is 16.9. The molecule has 0 aromatic carbocycles. The molecule has 0 spiro atoms. The number of carboxylic acid groups (broad SMARTS) is 1. The summed E-state index contributed by atoms with van der Waals surface area (Å²) < 4.78 is 1.78. The van der Waals surface area contributed by atoms with Crippen molar-refractivity contribution >= 4 is 58.8 Å². The summed E-state index contributed by atoms with van der Waals surface area (Å²) in [5.41, 5.74) is 1.12. The zero-order chi connectivity index (χ0) is 22.8. The molecule has 2 fully saturated rings. The van der Waals surface area contributed by atoms with Crippen LogP contribution in [0.5, 0.6) is 0 Å². The molecular formula is C21H28Cl2N8O3S. The summed E-state index contributed by atoms with van der Waals surface area (Å²) in [6.07, 6.45) is 5.69. The van der Waals surface area contributed by atoms with E-state index in [0.717, 1.165) is 36.3 Å².